The minimum atomic E-state index is -0.110. The summed E-state index contributed by atoms with van der Waals surface area (Å²) in [5.74, 6) is 0. The monoisotopic (exact) mass is 782 g/mol. The molecule has 0 unspecified atom stereocenters. The fraction of sp³-hybridized carbons (Fsp3) is 0.0526. The van der Waals surface area contributed by atoms with E-state index in [1.54, 1.807) is 0 Å². The fourth-order valence-electron chi connectivity index (χ4n) is 10.4. The van der Waals surface area contributed by atoms with Gasteiger partial charge < -0.3 is 9.13 Å². The summed E-state index contributed by atoms with van der Waals surface area (Å²) in [6.45, 7) is 4.80. The SMILES string of the molecule is CC1(C)c2cc(-c3ccc4c(c3)c3cc(-c5ccc6c7ccccc7n(-c7ccccc7)c6c5)ccc3n4-c3ccccc3)ccc2-c2c1ccc1c2sc2ccccc21. The van der Waals surface area contributed by atoms with Crippen LogP contribution in [0.4, 0.5) is 0 Å². The molecule has 0 fully saturated rings. The summed E-state index contributed by atoms with van der Waals surface area (Å²) in [7, 11) is 0. The third-order valence-electron chi connectivity index (χ3n) is 13.3. The molecule has 12 aromatic rings. The Hall–Kier alpha value is -7.20. The molecular weight excluding hydrogens is 745 g/mol. The molecule has 9 aromatic carbocycles. The fourth-order valence-corrected chi connectivity index (χ4v) is 11.7. The van der Waals surface area contributed by atoms with Crippen molar-refractivity contribution in [2.75, 3.05) is 0 Å². The van der Waals surface area contributed by atoms with Crippen molar-refractivity contribution in [1.82, 2.24) is 9.13 Å². The highest BCUT2D eigenvalue weighted by atomic mass is 32.1. The lowest BCUT2D eigenvalue weighted by Crippen LogP contribution is -2.14. The highest BCUT2D eigenvalue weighted by Crippen LogP contribution is 2.54. The van der Waals surface area contributed by atoms with Gasteiger partial charge in [-0.3, -0.25) is 0 Å². The Morgan fingerprint density at radius 2 is 0.883 bits per heavy atom. The van der Waals surface area contributed by atoms with E-state index in [9.17, 15) is 0 Å². The predicted molar refractivity (Wildman–Crippen MR) is 256 cm³/mol. The molecule has 0 bridgehead atoms. The molecule has 0 aliphatic heterocycles. The summed E-state index contributed by atoms with van der Waals surface area (Å²) in [6.07, 6.45) is 0. The molecule has 13 rings (SSSR count). The van der Waals surface area contributed by atoms with Crippen LogP contribution in [0, 0.1) is 0 Å². The summed E-state index contributed by atoms with van der Waals surface area (Å²) in [6, 6.07) is 72.1. The van der Waals surface area contributed by atoms with E-state index in [2.05, 4.69) is 217 Å². The first-order chi connectivity index (χ1) is 29.5. The van der Waals surface area contributed by atoms with Gasteiger partial charge in [0, 0.05) is 64.1 Å². The Kier molecular flexibility index (Phi) is 6.98. The average molecular weight is 783 g/mol. The molecule has 0 saturated carbocycles. The average Bonchev–Trinajstić information content (AvgIpc) is 4.01. The second-order valence-corrected chi connectivity index (χ2v) is 18.0. The number of aromatic nitrogens is 2. The second-order valence-electron chi connectivity index (χ2n) is 16.9. The zero-order valence-corrected chi connectivity index (χ0v) is 34.1. The van der Waals surface area contributed by atoms with E-state index in [1.165, 1.54) is 114 Å². The van der Waals surface area contributed by atoms with E-state index in [0.717, 1.165) is 5.69 Å². The minimum Gasteiger partial charge on any atom is -0.309 e. The van der Waals surface area contributed by atoms with Crippen LogP contribution in [0.2, 0.25) is 0 Å². The molecule has 1 aliphatic carbocycles. The highest BCUT2D eigenvalue weighted by molar-refractivity contribution is 7.26. The molecule has 3 heterocycles. The third kappa shape index (κ3) is 4.70. The first kappa shape index (κ1) is 33.7. The van der Waals surface area contributed by atoms with Crippen molar-refractivity contribution in [2.45, 2.75) is 19.3 Å². The van der Waals surface area contributed by atoms with Crippen LogP contribution in [0.15, 0.2) is 194 Å². The molecule has 0 amide bonds. The maximum Gasteiger partial charge on any atom is 0.0547 e. The Morgan fingerprint density at radius 1 is 0.367 bits per heavy atom. The quantitative estimate of drug-likeness (QED) is 0.168. The first-order valence-electron chi connectivity index (χ1n) is 20.8. The van der Waals surface area contributed by atoms with Gasteiger partial charge in [0.05, 0.1) is 22.1 Å². The molecule has 0 N–H and O–H groups in total. The lowest BCUT2D eigenvalue weighted by Gasteiger charge is -2.22. The van der Waals surface area contributed by atoms with E-state index in [4.69, 9.17) is 0 Å². The molecule has 1 aliphatic rings. The highest BCUT2D eigenvalue weighted by Gasteiger charge is 2.37. The summed E-state index contributed by atoms with van der Waals surface area (Å²) < 4.78 is 7.58. The van der Waals surface area contributed by atoms with Crippen molar-refractivity contribution in [1.29, 1.82) is 0 Å². The van der Waals surface area contributed by atoms with E-state index < -0.39 is 0 Å². The van der Waals surface area contributed by atoms with Crippen molar-refractivity contribution in [2.24, 2.45) is 0 Å². The summed E-state index contributed by atoms with van der Waals surface area (Å²) in [5.41, 5.74) is 17.6. The number of rotatable bonds is 4. The Labute approximate surface area is 351 Å². The number of nitrogens with zero attached hydrogens (tertiary/aromatic N) is 2. The van der Waals surface area contributed by atoms with Crippen LogP contribution in [0.1, 0.15) is 25.0 Å². The molecule has 3 aromatic heterocycles. The van der Waals surface area contributed by atoms with Crippen LogP contribution in [-0.4, -0.2) is 9.13 Å². The standard InChI is InChI=1S/C57H38N2S/c1-57(2)48-28-27-44-43-18-10-12-20-54(43)60-56(44)55(48)45-26-22-37(33-49(45)57)35-23-29-51-46(31-35)47-32-36(24-30-52(47)58(51)39-13-5-3-6-14-39)38-21-25-42-41-17-9-11-19-50(41)59(53(42)34-38)40-15-7-4-8-16-40/h3-34H,1-2H3. The Bertz CT molecular complexity index is 3730. The third-order valence-corrected chi connectivity index (χ3v) is 14.5. The minimum absolute atomic E-state index is 0.110. The van der Waals surface area contributed by atoms with Crippen LogP contribution in [0.3, 0.4) is 0 Å². The van der Waals surface area contributed by atoms with Crippen molar-refractivity contribution in [3.63, 3.8) is 0 Å². The second kappa shape index (κ2) is 12.4. The van der Waals surface area contributed by atoms with E-state index in [0.29, 0.717) is 0 Å². The molecule has 0 radical (unpaired) electrons. The van der Waals surface area contributed by atoms with Crippen LogP contribution in [0.5, 0.6) is 0 Å². The van der Waals surface area contributed by atoms with Crippen LogP contribution < -0.4 is 0 Å². The van der Waals surface area contributed by atoms with Gasteiger partial charge >= 0.3 is 0 Å². The molecule has 0 spiro atoms. The molecule has 0 saturated heterocycles. The molecule has 0 atom stereocenters. The van der Waals surface area contributed by atoms with Crippen LogP contribution >= 0.6 is 11.3 Å². The van der Waals surface area contributed by atoms with Gasteiger partial charge in [0.2, 0.25) is 0 Å². The van der Waals surface area contributed by atoms with Gasteiger partial charge in [-0.05, 0) is 112 Å². The van der Waals surface area contributed by atoms with Gasteiger partial charge in [-0.1, -0.05) is 135 Å². The van der Waals surface area contributed by atoms with Crippen molar-refractivity contribution in [3.8, 4) is 44.8 Å². The number of benzene rings is 9. The smallest absolute Gasteiger partial charge is 0.0547 e. The predicted octanol–water partition coefficient (Wildman–Crippen LogP) is 15.9. The topological polar surface area (TPSA) is 9.86 Å². The van der Waals surface area contributed by atoms with Crippen LogP contribution in [0.25, 0.3) is 109 Å². The molecule has 282 valence electrons. The summed E-state index contributed by atoms with van der Waals surface area (Å²) in [4.78, 5) is 0. The molecule has 60 heavy (non-hydrogen) atoms. The van der Waals surface area contributed by atoms with Crippen molar-refractivity contribution in [3.05, 3.63) is 205 Å². The first-order valence-corrected chi connectivity index (χ1v) is 21.7. The number of para-hydroxylation sites is 3. The number of hydrogen-bond acceptors (Lipinski definition) is 1. The van der Waals surface area contributed by atoms with Crippen molar-refractivity contribution >= 4 is 75.1 Å². The molecule has 3 heteroatoms. The summed E-state index contributed by atoms with van der Waals surface area (Å²) in [5, 5.41) is 7.74. The normalized spacial score (nSPS) is 13.3. The summed E-state index contributed by atoms with van der Waals surface area (Å²) >= 11 is 1.93. The zero-order valence-electron chi connectivity index (χ0n) is 33.3. The Balaban J connectivity index is 0.991. The molecular formula is C57H38N2S. The van der Waals surface area contributed by atoms with Gasteiger partial charge in [0.1, 0.15) is 0 Å². The number of thiophene rings is 1. The Morgan fingerprint density at radius 3 is 1.60 bits per heavy atom. The number of fused-ring (bicyclic) bond motifs is 13. The van der Waals surface area contributed by atoms with E-state index in [1.807, 2.05) is 11.3 Å². The number of hydrogen-bond donors (Lipinski definition) is 0. The maximum atomic E-state index is 2.47. The van der Waals surface area contributed by atoms with Gasteiger partial charge in [-0.25, -0.2) is 0 Å². The zero-order chi connectivity index (χ0) is 39.7. The molecule has 2 nitrogen and oxygen atoms in total. The van der Waals surface area contributed by atoms with Crippen LogP contribution in [-0.2, 0) is 5.41 Å². The van der Waals surface area contributed by atoms with Gasteiger partial charge in [-0.2, -0.15) is 0 Å². The lowest BCUT2D eigenvalue weighted by atomic mass is 9.81. The largest absolute Gasteiger partial charge is 0.309 e. The lowest BCUT2D eigenvalue weighted by molar-refractivity contribution is 0.661. The van der Waals surface area contributed by atoms with E-state index in [-0.39, 0.29) is 5.41 Å². The van der Waals surface area contributed by atoms with Gasteiger partial charge in [-0.15, -0.1) is 11.3 Å². The van der Waals surface area contributed by atoms with Gasteiger partial charge in [0.25, 0.3) is 0 Å². The van der Waals surface area contributed by atoms with E-state index >= 15 is 0 Å². The maximum absolute atomic E-state index is 2.47. The van der Waals surface area contributed by atoms with Crippen molar-refractivity contribution < 1.29 is 0 Å². The van der Waals surface area contributed by atoms with Gasteiger partial charge in [0.15, 0.2) is 0 Å².